The molecule has 0 aliphatic carbocycles. The molecule has 0 amide bonds. The predicted molar refractivity (Wildman–Crippen MR) is 84.6 cm³/mol. The zero-order chi connectivity index (χ0) is 15.4. The molecule has 2 rings (SSSR count). The van der Waals surface area contributed by atoms with Gasteiger partial charge in [0.15, 0.2) is 0 Å². The highest BCUT2D eigenvalue weighted by molar-refractivity contribution is 6.30. The zero-order valence-electron chi connectivity index (χ0n) is 12.4. The molecule has 2 aromatic carbocycles. The van der Waals surface area contributed by atoms with E-state index in [1.165, 1.54) is 6.07 Å². The van der Waals surface area contributed by atoms with Gasteiger partial charge in [0.1, 0.15) is 17.3 Å². The Balaban J connectivity index is 2.31. The van der Waals surface area contributed by atoms with Gasteiger partial charge < -0.3 is 10.1 Å². The minimum atomic E-state index is -0.277. The summed E-state index contributed by atoms with van der Waals surface area (Å²) >= 11 is 5.99. The first kappa shape index (κ1) is 15.8. The van der Waals surface area contributed by atoms with Crippen molar-refractivity contribution in [2.75, 3.05) is 0 Å². The second kappa shape index (κ2) is 6.92. The van der Waals surface area contributed by atoms with E-state index in [1.54, 1.807) is 24.3 Å². The van der Waals surface area contributed by atoms with Gasteiger partial charge in [0.25, 0.3) is 0 Å². The molecule has 2 nitrogen and oxygen atoms in total. The van der Waals surface area contributed by atoms with Crippen molar-refractivity contribution in [3.05, 3.63) is 58.4 Å². The number of benzene rings is 2. The molecule has 0 aromatic heterocycles. The first-order valence-electron chi connectivity index (χ1n) is 6.92. The lowest BCUT2D eigenvalue weighted by atomic mass is 10.1. The summed E-state index contributed by atoms with van der Waals surface area (Å²) in [5.74, 6) is 0.868. The third-order valence-corrected chi connectivity index (χ3v) is 3.37. The molecule has 0 saturated heterocycles. The highest BCUT2D eigenvalue weighted by Crippen LogP contribution is 2.31. The largest absolute Gasteiger partial charge is 0.457 e. The quantitative estimate of drug-likeness (QED) is 0.832. The van der Waals surface area contributed by atoms with Gasteiger partial charge in [-0.05, 0) is 36.8 Å². The molecule has 4 heteroatoms. The molecule has 0 aliphatic rings. The SMILES string of the molecule is Cc1ccc(Cl)cc1Oc1cccc(F)c1CNC(C)C. The van der Waals surface area contributed by atoms with Crippen molar-refractivity contribution < 1.29 is 9.13 Å². The Kier molecular flexibility index (Phi) is 5.21. The summed E-state index contributed by atoms with van der Waals surface area (Å²) in [5.41, 5.74) is 1.47. The fraction of sp³-hybridized carbons (Fsp3) is 0.294. The first-order valence-corrected chi connectivity index (χ1v) is 7.30. The molecule has 2 aromatic rings. The number of hydrogen-bond donors (Lipinski definition) is 1. The number of halogens is 2. The molecular weight excluding hydrogens is 289 g/mol. The van der Waals surface area contributed by atoms with E-state index < -0.39 is 0 Å². The second-order valence-corrected chi connectivity index (χ2v) is 5.70. The Morgan fingerprint density at radius 1 is 1.19 bits per heavy atom. The monoisotopic (exact) mass is 307 g/mol. The fourth-order valence-electron chi connectivity index (χ4n) is 1.91. The lowest BCUT2D eigenvalue weighted by Crippen LogP contribution is -2.22. The summed E-state index contributed by atoms with van der Waals surface area (Å²) in [7, 11) is 0. The summed E-state index contributed by atoms with van der Waals surface area (Å²) in [4.78, 5) is 0. The third kappa shape index (κ3) is 4.19. The number of nitrogens with one attached hydrogen (secondary N) is 1. The van der Waals surface area contributed by atoms with Crippen LogP contribution in [0.1, 0.15) is 25.0 Å². The molecule has 0 unspecified atom stereocenters. The molecule has 112 valence electrons. The Morgan fingerprint density at radius 2 is 1.95 bits per heavy atom. The lowest BCUT2D eigenvalue weighted by molar-refractivity contribution is 0.455. The summed E-state index contributed by atoms with van der Waals surface area (Å²) in [6, 6.07) is 10.5. The van der Waals surface area contributed by atoms with Gasteiger partial charge in [-0.25, -0.2) is 4.39 Å². The standard InChI is InChI=1S/C17H19ClFNO/c1-11(2)20-10-14-15(19)5-4-6-16(14)21-17-9-13(18)8-7-12(17)3/h4-9,11,20H,10H2,1-3H3. The van der Waals surface area contributed by atoms with Gasteiger partial charge in [-0.2, -0.15) is 0 Å². The molecule has 0 aliphatic heterocycles. The first-order chi connectivity index (χ1) is 9.97. The van der Waals surface area contributed by atoms with Crippen molar-refractivity contribution in [1.82, 2.24) is 5.32 Å². The average Bonchev–Trinajstić information content (AvgIpc) is 2.42. The predicted octanol–water partition coefficient (Wildman–Crippen LogP) is 5.08. The molecule has 21 heavy (non-hydrogen) atoms. The van der Waals surface area contributed by atoms with Crippen molar-refractivity contribution in [3.63, 3.8) is 0 Å². The molecule has 0 bridgehead atoms. The third-order valence-electron chi connectivity index (χ3n) is 3.13. The smallest absolute Gasteiger partial charge is 0.134 e. The summed E-state index contributed by atoms with van der Waals surface area (Å²) < 4.78 is 19.9. The molecule has 0 heterocycles. The molecular formula is C17H19ClFNO. The number of hydrogen-bond acceptors (Lipinski definition) is 2. The number of ether oxygens (including phenoxy) is 1. The maximum absolute atomic E-state index is 14.0. The van der Waals surface area contributed by atoms with Crippen molar-refractivity contribution in [3.8, 4) is 11.5 Å². The van der Waals surface area contributed by atoms with Crippen molar-refractivity contribution in [1.29, 1.82) is 0 Å². The Morgan fingerprint density at radius 3 is 2.67 bits per heavy atom. The lowest BCUT2D eigenvalue weighted by Gasteiger charge is -2.15. The molecule has 0 atom stereocenters. The topological polar surface area (TPSA) is 21.3 Å². The minimum absolute atomic E-state index is 0.269. The summed E-state index contributed by atoms with van der Waals surface area (Å²) in [6.07, 6.45) is 0. The van der Waals surface area contributed by atoms with Crippen LogP contribution >= 0.6 is 11.6 Å². The highest BCUT2D eigenvalue weighted by atomic mass is 35.5. The van der Waals surface area contributed by atoms with Gasteiger partial charge in [-0.1, -0.05) is 37.6 Å². The molecule has 0 radical (unpaired) electrons. The van der Waals surface area contributed by atoms with Crippen LogP contribution in [0.25, 0.3) is 0 Å². The maximum Gasteiger partial charge on any atom is 0.134 e. The maximum atomic E-state index is 14.0. The highest BCUT2D eigenvalue weighted by Gasteiger charge is 2.12. The van der Waals surface area contributed by atoms with Crippen LogP contribution in [0.3, 0.4) is 0 Å². The van der Waals surface area contributed by atoms with E-state index in [2.05, 4.69) is 5.32 Å². The minimum Gasteiger partial charge on any atom is -0.457 e. The summed E-state index contributed by atoms with van der Waals surface area (Å²) in [5, 5.41) is 3.80. The molecule has 1 N–H and O–H groups in total. The molecule has 0 spiro atoms. The van der Waals surface area contributed by atoms with Gasteiger partial charge >= 0.3 is 0 Å². The van der Waals surface area contributed by atoms with Gasteiger partial charge in [0, 0.05) is 23.2 Å². The molecule has 0 saturated carbocycles. The van der Waals surface area contributed by atoms with Crippen LogP contribution in [-0.2, 0) is 6.54 Å². The van der Waals surface area contributed by atoms with Gasteiger partial charge in [-0.15, -0.1) is 0 Å². The Hall–Kier alpha value is -1.58. The van der Waals surface area contributed by atoms with Gasteiger partial charge in [-0.3, -0.25) is 0 Å². The van der Waals surface area contributed by atoms with Crippen LogP contribution in [-0.4, -0.2) is 6.04 Å². The Labute approximate surface area is 129 Å². The summed E-state index contributed by atoms with van der Waals surface area (Å²) in [6.45, 7) is 6.38. The van der Waals surface area contributed by atoms with Crippen molar-refractivity contribution in [2.45, 2.75) is 33.4 Å². The fourth-order valence-corrected chi connectivity index (χ4v) is 2.08. The van der Waals surface area contributed by atoms with Crippen LogP contribution in [0.4, 0.5) is 4.39 Å². The van der Waals surface area contributed by atoms with Gasteiger partial charge in [0.05, 0.1) is 0 Å². The van der Waals surface area contributed by atoms with E-state index in [1.807, 2.05) is 26.8 Å². The number of aryl methyl sites for hydroxylation is 1. The number of rotatable bonds is 5. The van der Waals surface area contributed by atoms with Crippen LogP contribution in [0.2, 0.25) is 5.02 Å². The van der Waals surface area contributed by atoms with Crippen LogP contribution in [0, 0.1) is 12.7 Å². The van der Waals surface area contributed by atoms with Crippen molar-refractivity contribution >= 4 is 11.6 Å². The average molecular weight is 308 g/mol. The van der Waals surface area contributed by atoms with Gasteiger partial charge in [0.2, 0.25) is 0 Å². The van der Waals surface area contributed by atoms with Crippen molar-refractivity contribution in [2.24, 2.45) is 0 Å². The normalized spacial score (nSPS) is 11.0. The van der Waals surface area contributed by atoms with E-state index in [0.717, 1.165) is 5.56 Å². The molecule has 0 fully saturated rings. The van der Waals surface area contributed by atoms with E-state index in [4.69, 9.17) is 16.3 Å². The van der Waals surface area contributed by atoms with E-state index in [0.29, 0.717) is 28.6 Å². The second-order valence-electron chi connectivity index (χ2n) is 5.26. The van der Waals surface area contributed by atoms with Crippen LogP contribution < -0.4 is 10.1 Å². The van der Waals surface area contributed by atoms with Crippen LogP contribution in [0.15, 0.2) is 36.4 Å². The van der Waals surface area contributed by atoms with E-state index >= 15 is 0 Å². The van der Waals surface area contributed by atoms with E-state index in [-0.39, 0.29) is 11.9 Å². The Bertz CT molecular complexity index is 628. The van der Waals surface area contributed by atoms with E-state index in [9.17, 15) is 4.39 Å². The van der Waals surface area contributed by atoms with Crippen LogP contribution in [0.5, 0.6) is 11.5 Å². The zero-order valence-corrected chi connectivity index (χ0v) is 13.2.